The molecule has 0 atom stereocenters. The molecule has 0 radical (unpaired) electrons. The Morgan fingerprint density at radius 2 is 2.09 bits per heavy atom. The van der Waals surface area contributed by atoms with Crippen molar-refractivity contribution in [2.24, 2.45) is 4.99 Å². The first-order valence-corrected chi connectivity index (χ1v) is 3.59. The van der Waals surface area contributed by atoms with Crippen LogP contribution in [0.15, 0.2) is 41.7 Å². The zero-order chi connectivity index (χ0) is 7.52. The molecule has 1 aromatic carbocycles. The maximum absolute atomic E-state index is 4.08. The fraction of sp³-hybridized carbons (Fsp3) is 0. The molecule has 2 nitrogen and oxygen atoms in total. The second-order valence-electron chi connectivity index (χ2n) is 2.42. The molecule has 2 N–H and O–H groups in total. The van der Waals surface area contributed by atoms with Crippen LogP contribution in [0.4, 0.5) is 5.69 Å². The third-order valence-corrected chi connectivity index (χ3v) is 1.66. The van der Waals surface area contributed by atoms with Gasteiger partial charge in [0.05, 0.1) is 11.8 Å². The van der Waals surface area contributed by atoms with Gasteiger partial charge in [0.1, 0.15) is 11.9 Å². The normalized spacial score (nSPS) is 14.2. The van der Waals surface area contributed by atoms with Crippen molar-refractivity contribution in [1.29, 1.82) is 0 Å². The topological polar surface area (TPSA) is 29.0 Å². The van der Waals surface area contributed by atoms with Crippen molar-refractivity contribution in [3.8, 4) is 0 Å². The lowest BCUT2D eigenvalue weighted by Gasteiger charge is -1.95. The van der Waals surface area contributed by atoms with Gasteiger partial charge in [-0.05, 0) is 6.07 Å². The van der Waals surface area contributed by atoms with Crippen LogP contribution in [0.5, 0.6) is 0 Å². The number of aliphatic imine (C=N–C) groups is 1. The van der Waals surface area contributed by atoms with E-state index in [0.717, 1.165) is 0 Å². The second-order valence-corrected chi connectivity index (χ2v) is 2.42. The molecule has 11 heavy (non-hydrogen) atoms. The summed E-state index contributed by atoms with van der Waals surface area (Å²) in [7, 11) is 0. The van der Waals surface area contributed by atoms with Crippen LogP contribution < -0.4 is 5.32 Å². The Bertz CT molecular complexity index is 313. The van der Waals surface area contributed by atoms with Crippen LogP contribution in [0.25, 0.3) is 0 Å². The molecule has 0 aliphatic carbocycles. The highest BCUT2D eigenvalue weighted by Crippen LogP contribution is 2.07. The minimum absolute atomic E-state index is 1.18. The van der Waals surface area contributed by atoms with Gasteiger partial charge in [0.25, 0.3) is 0 Å². The van der Waals surface area contributed by atoms with Crippen molar-refractivity contribution in [1.82, 2.24) is 0 Å². The standard InChI is InChI=1S/C9H8N2/c1-2-4-9-8(3-1)7-10-5-6-11-9/h1-7,11H/p+1. The summed E-state index contributed by atoms with van der Waals surface area (Å²) in [6.07, 6.45) is 5.61. The van der Waals surface area contributed by atoms with E-state index in [1.807, 2.05) is 24.5 Å². The summed E-state index contributed by atoms with van der Waals surface area (Å²) in [5.41, 5.74) is 2.41. The van der Waals surface area contributed by atoms with Gasteiger partial charge in [-0.2, -0.15) is 0 Å². The number of fused-ring (bicyclic) bond motifs is 1. The molecule has 0 saturated heterocycles. The Hall–Kier alpha value is -1.41. The van der Waals surface area contributed by atoms with E-state index in [2.05, 4.69) is 22.4 Å². The molecule has 0 saturated carbocycles. The predicted octanol–water partition coefficient (Wildman–Crippen LogP) is 0.785. The Balaban J connectivity index is 2.52. The van der Waals surface area contributed by atoms with Gasteiger partial charge in [0, 0.05) is 12.3 Å². The van der Waals surface area contributed by atoms with E-state index < -0.39 is 0 Å². The minimum atomic E-state index is 1.18. The zero-order valence-corrected chi connectivity index (χ0v) is 6.07. The van der Waals surface area contributed by atoms with Gasteiger partial charge in [-0.3, -0.25) is 10.3 Å². The van der Waals surface area contributed by atoms with Gasteiger partial charge in [-0.1, -0.05) is 12.1 Å². The van der Waals surface area contributed by atoms with Crippen LogP contribution in [-0.2, 0) is 0 Å². The van der Waals surface area contributed by atoms with Crippen LogP contribution in [-0.4, -0.2) is 6.21 Å². The number of quaternary nitrogens is 1. The molecule has 0 unspecified atom stereocenters. The quantitative estimate of drug-likeness (QED) is 0.523. The maximum atomic E-state index is 4.08. The van der Waals surface area contributed by atoms with E-state index in [9.17, 15) is 0 Å². The number of hydrogen-bond donors (Lipinski definition) is 1. The molecule has 1 aromatic rings. The van der Waals surface area contributed by atoms with E-state index in [0.29, 0.717) is 0 Å². The summed E-state index contributed by atoms with van der Waals surface area (Å²) in [4.78, 5) is 4.08. The Kier molecular flexibility index (Phi) is 1.54. The van der Waals surface area contributed by atoms with Crippen LogP contribution in [0.2, 0.25) is 0 Å². The first-order valence-electron chi connectivity index (χ1n) is 3.59. The van der Waals surface area contributed by atoms with E-state index in [-0.39, 0.29) is 0 Å². The van der Waals surface area contributed by atoms with E-state index in [1.54, 1.807) is 6.20 Å². The smallest absolute Gasteiger partial charge is 0.143 e. The van der Waals surface area contributed by atoms with Crippen molar-refractivity contribution in [3.63, 3.8) is 0 Å². The highest BCUT2D eigenvalue weighted by atomic mass is 14.9. The molecule has 2 heteroatoms. The van der Waals surface area contributed by atoms with Crippen molar-refractivity contribution in [2.45, 2.75) is 0 Å². The monoisotopic (exact) mass is 145 g/mol. The van der Waals surface area contributed by atoms with Crippen molar-refractivity contribution in [3.05, 3.63) is 42.2 Å². The number of benzene rings is 1. The van der Waals surface area contributed by atoms with Gasteiger partial charge in [0.2, 0.25) is 0 Å². The molecular formula is C9H9N2+. The number of nitrogens with two attached hydrogens (primary N) is 1. The maximum Gasteiger partial charge on any atom is 0.143 e. The van der Waals surface area contributed by atoms with Crippen LogP contribution in [0.1, 0.15) is 5.56 Å². The van der Waals surface area contributed by atoms with Gasteiger partial charge in [0.15, 0.2) is 0 Å². The first kappa shape index (κ1) is 6.31. The molecule has 1 aliphatic rings. The van der Waals surface area contributed by atoms with Gasteiger partial charge in [-0.25, -0.2) is 0 Å². The van der Waals surface area contributed by atoms with Gasteiger partial charge < -0.3 is 0 Å². The average Bonchev–Trinajstić information content (AvgIpc) is 2.28. The van der Waals surface area contributed by atoms with Crippen molar-refractivity contribution in [2.75, 3.05) is 0 Å². The van der Waals surface area contributed by atoms with E-state index >= 15 is 0 Å². The van der Waals surface area contributed by atoms with E-state index in [1.165, 1.54) is 11.3 Å². The number of rotatable bonds is 0. The Labute approximate surface area is 65.3 Å². The van der Waals surface area contributed by atoms with Gasteiger partial charge in [-0.15, -0.1) is 0 Å². The second kappa shape index (κ2) is 2.68. The molecular weight excluding hydrogens is 136 g/mol. The lowest BCUT2D eigenvalue weighted by molar-refractivity contribution is -0.496. The molecule has 0 fully saturated rings. The number of hydrogen-bond acceptors (Lipinski definition) is 1. The number of para-hydroxylation sites is 1. The largest absolute Gasteiger partial charge is 0.286 e. The molecule has 2 rings (SSSR count). The molecule has 1 aliphatic heterocycles. The highest BCUT2D eigenvalue weighted by molar-refractivity contribution is 5.85. The zero-order valence-electron chi connectivity index (χ0n) is 6.07. The SMILES string of the molecule is C1=C[NH2+]c2ccccc2C=N1. The first-order chi connectivity index (χ1) is 5.47. The lowest BCUT2D eigenvalue weighted by atomic mass is 10.2. The molecule has 54 valence electrons. The van der Waals surface area contributed by atoms with Crippen LogP contribution in [0.3, 0.4) is 0 Å². The average molecular weight is 145 g/mol. The summed E-state index contributed by atoms with van der Waals surface area (Å²) < 4.78 is 0. The predicted molar refractivity (Wildman–Crippen MR) is 44.8 cm³/mol. The molecule has 1 heterocycles. The Morgan fingerprint density at radius 3 is 3.09 bits per heavy atom. The fourth-order valence-corrected chi connectivity index (χ4v) is 1.10. The molecule has 0 aromatic heterocycles. The minimum Gasteiger partial charge on any atom is -0.286 e. The third-order valence-electron chi connectivity index (χ3n) is 1.66. The Morgan fingerprint density at radius 1 is 1.18 bits per heavy atom. The van der Waals surface area contributed by atoms with Crippen molar-refractivity contribution >= 4 is 11.9 Å². The van der Waals surface area contributed by atoms with Crippen LogP contribution in [0, 0.1) is 0 Å². The lowest BCUT2D eigenvalue weighted by Crippen LogP contribution is -2.71. The third kappa shape index (κ3) is 1.21. The fourth-order valence-electron chi connectivity index (χ4n) is 1.10. The van der Waals surface area contributed by atoms with Crippen LogP contribution >= 0.6 is 0 Å². The number of nitrogens with zero attached hydrogens (tertiary/aromatic N) is 1. The molecule has 0 bridgehead atoms. The summed E-state index contributed by atoms with van der Waals surface area (Å²) in [5.74, 6) is 0. The molecule has 0 amide bonds. The van der Waals surface area contributed by atoms with Crippen molar-refractivity contribution < 1.29 is 5.32 Å². The highest BCUT2D eigenvalue weighted by Gasteiger charge is 2.01. The summed E-state index contributed by atoms with van der Waals surface area (Å²) in [6, 6.07) is 8.19. The molecule has 0 spiro atoms. The van der Waals surface area contributed by atoms with E-state index in [4.69, 9.17) is 0 Å². The summed E-state index contributed by atoms with van der Waals surface area (Å²) in [6.45, 7) is 0. The summed E-state index contributed by atoms with van der Waals surface area (Å²) >= 11 is 0. The summed E-state index contributed by atoms with van der Waals surface area (Å²) in [5, 5.41) is 2.06. The van der Waals surface area contributed by atoms with Gasteiger partial charge >= 0.3 is 0 Å².